The van der Waals surface area contributed by atoms with E-state index < -0.39 is 5.60 Å². The van der Waals surface area contributed by atoms with Crippen LogP contribution in [0.5, 0.6) is 11.6 Å². The molecule has 5 nitrogen and oxygen atoms in total. The molecule has 0 spiro atoms. The lowest BCUT2D eigenvalue weighted by Crippen LogP contribution is -2.38. The summed E-state index contributed by atoms with van der Waals surface area (Å²) in [5, 5.41) is 0. The molecule has 0 aliphatic carbocycles. The Balaban J connectivity index is 1.68. The van der Waals surface area contributed by atoms with Crippen LogP contribution in [0.15, 0.2) is 36.5 Å². The molecule has 2 aromatic rings. The highest BCUT2D eigenvalue weighted by Crippen LogP contribution is 2.26. The Morgan fingerprint density at radius 2 is 1.81 bits per heavy atom. The number of benzene rings is 1. The number of fused-ring (bicyclic) bond motifs is 1. The van der Waals surface area contributed by atoms with Gasteiger partial charge in [0.15, 0.2) is 0 Å². The Morgan fingerprint density at radius 1 is 1.08 bits per heavy atom. The van der Waals surface area contributed by atoms with Crippen LogP contribution in [0.1, 0.15) is 37.5 Å². The molecule has 0 atom stereocenters. The third-order valence-corrected chi connectivity index (χ3v) is 4.24. The van der Waals surface area contributed by atoms with Gasteiger partial charge in [-0.25, -0.2) is 9.78 Å². The number of pyridine rings is 1. The summed E-state index contributed by atoms with van der Waals surface area (Å²) >= 11 is 0. The fraction of sp³-hybridized carbons (Fsp3) is 0.429. The lowest BCUT2D eigenvalue weighted by molar-refractivity contribution is 0.0258. The Kier molecular flexibility index (Phi) is 5.16. The van der Waals surface area contributed by atoms with Gasteiger partial charge in [0.1, 0.15) is 11.4 Å². The van der Waals surface area contributed by atoms with E-state index in [9.17, 15) is 4.79 Å². The van der Waals surface area contributed by atoms with E-state index in [0.717, 1.165) is 24.2 Å². The van der Waals surface area contributed by atoms with Gasteiger partial charge in [0.2, 0.25) is 5.88 Å². The second-order valence-corrected chi connectivity index (χ2v) is 7.67. The van der Waals surface area contributed by atoms with Crippen molar-refractivity contribution in [2.45, 2.75) is 46.1 Å². The van der Waals surface area contributed by atoms with Gasteiger partial charge in [0.25, 0.3) is 0 Å². The number of hydrogen-bond donors (Lipinski definition) is 0. The second kappa shape index (κ2) is 7.36. The number of nitrogens with zero attached hydrogens (tertiary/aromatic N) is 2. The average Bonchev–Trinajstić information content (AvgIpc) is 2.78. The molecule has 138 valence electrons. The fourth-order valence-electron chi connectivity index (χ4n) is 2.91. The first kappa shape index (κ1) is 18.2. The minimum Gasteiger partial charge on any atom is -0.444 e. The summed E-state index contributed by atoms with van der Waals surface area (Å²) in [7, 11) is 0. The first-order valence-electron chi connectivity index (χ1n) is 9.00. The summed E-state index contributed by atoms with van der Waals surface area (Å²) in [6.07, 6.45) is 3.15. The normalized spacial score (nSPS) is 14.4. The number of rotatable bonds is 2. The molecule has 0 saturated heterocycles. The van der Waals surface area contributed by atoms with E-state index in [1.54, 1.807) is 11.1 Å². The van der Waals surface area contributed by atoms with Crippen LogP contribution in [0.3, 0.4) is 0 Å². The monoisotopic (exact) mass is 354 g/mol. The van der Waals surface area contributed by atoms with Crippen molar-refractivity contribution in [1.29, 1.82) is 0 Å². The maximum atomic E-state index is 12.3. The second-order valence-electron chi connectivity index (χ2n) is 7.67. The molecule has 0 radical (unpaired) electrons. The third-order valence-electron chi connectivity index (χ3n) is 4.24. The van der Waals surface area contributed by atoms with Gasteiger partial charge < -0.3 is 14.4 Å². The molecule has 1 aliphatic rings. The fourth-order valence-corrected chi connectivity index (χ4v) is 2.91. The molecule has 1 amide bonds. The molecule has 0 fully saturated rings. The summed E-state index contributed by atoms with van der Waals surface area (Å²) in [6.45, 7) is 8.98. The molecule has 1 aromatic heterocycles. The average molecular weight is 354 g/mol. The lowest BCUT2D eigenvalue weighted by Gasteiger charge is -2.26. The van der Waals surface area contributed by atoms with Crippen LogP contribution in [0.4, 0.5) is 4.79 Å². The maximum Gasteiger partial charge on any atom is 0.410 e. The van der Waals surface area contributed by atoms with Gasteiger partial charge in [-0.15, -0.1) is 0 Å². The number of carbonyl (C=O) groups is 1. The molecule has 0 unspecified atom stereocenters. The van der Waals surface area contributed by atoms with E-state index in [1.165, 1.54) is 11.1 Å². The zero-order chi connectivity index (χ0) is 18.7. The SMILES string of the molecule is Cc1ccc(Oc2ccc3c(c2)CCN(C(=O)OC(C)(C)C)CC3)nc1. The van der Waals surface area contributed by atoms with Crippen LogP contribution in [0.2, 0.25) is 0 Å². The number of aryl methyl sites for hydroxylation is 1. The van der Waals surface area contributed by atoms with Gasteiger partial charge in [0, 0.05) is 25.4 Å². The molecule has 26 heavy (non-hydrogen) atoms. The van der Waals surface area contributed by atoms with Crippen molar-refractivity contribution in [2.24, 2.45) is 0 Å². The number of amides is 1. The van der Waals surface area contributed by atoms with Gasteiger partial charge in [-0.2, -0.15) is 0 Å². The van der Waals surface area contributed by atoms with Crippen molar-refractivity contribution in [3.8, 4) is 11.6 Å². The maximum absolute atomic E-state index is 12.3. The summed E-state index contributed by atoms with van der Waals surface area (Å²) in [5.41, 5.74) is 3.08. The minimum atomic E-state index is -0.474. The zero-order valence-electron chi connectivity index (χ0n) is 15.9. The smallest absolute Gasteiger partial charge is 0.410 e. The highest BCUT2D eigenvalue weighted by atomic mass is 16.6. The van der Waals surface area contributed by atoms with Crippen molar-refractivity contribution in [1.82, 2.24) is 9.88 Å². The Morgan fingerprint density at radius 3 is 2.46 bits per heavy atom. The third kappa shape index (κ3) is 4.75. The van der Waals surface area contributed by atoms with Crippen LogP contribution < -0.4 is 4.74 Å². The number of aromatic nitrogens is 1. The molecular formula is C21H26N2O3. The highest BCUT2D eigenvalue weighted by molar-refractivity contribution is 5.68. The Labute approximate surface area is 155 Å². The van der Waals surface area contributed by atoms with E-state index in [0.29, 0.717) is 19.0 Å². The van der Waals surface area contributed by atoms with Gasteiger partial charge in [-0.05, 0) is 69.4 Å². The first-order chi connectivity index (χ1) is 12.3. The molecule has 2 heterocycles. The van der Waals surface area contributed by atoms with Gasteiger partial charge >= 0.3 is 6.09 Å². The lowest BCUT2D eigenvalue weighted by atomic mass is 10.0. The van der Waals surface area contributed by atoms with Crippen LogP contribution >= 0.6 is 0 Å². The molecule has 0 saturated carbocycles. The van der Waals surface area contributed by atoms with Gasteiger partial charge in [-0.3, -0.25) is 0 Å². The van der Waals surface area contributed by atoms with Crippen molar-refractivity contribution >= 4 is 6.09 Å². The van der Waals surface area contributed by atoms with Gasteiger partial charge in [0.05, 0.1) is 0 Å². The van der Waals surface area contributed by atoms with Gasteiger partial charge in [-0.1, -0.05) is 12.1 Å². The van der Waals surface area contributed by atoms with E-state index >= 15 is 0 Å². The minimum absolute atomic E-state index is 0.245. The standard InChI is InChI=1S/C21H26N2O3/c1-15-5-8-19(22-14-15)25-18-7-6-16-9-11-23(12-10-17(16)13-18)20(24)26-21(2,3)4/h5-8,13-14H,9-12H2,1-4H3. The number of hydrogen-bond acceptors (Lipinski definition) is 4. The number of ether oxygens (including phenoxy) is 2. The first-order valence-corrected chi connectivity index (χ1v) is 9.00. The Hall–Kier alpha value is -2.56. The van der Waals surface area contributed by atoms with Crippen molar-refractivity contribution in [3.63, 3.8) is 0 Å². The quantitative estimate of drug-likeness (QED) is 0.796. The molecular weight excluding hydrogens is 328 g/mol. The summed E-state index contributed by atoms with van der Waals surface area (Å²) in [6, 6.07) is 9.94. The van der Waals surface area contributed by atoms with E-state index in [-0.39, 0.29) is 6.09 Å². The predicted octanol–water partition coefficient (Wildman–Crippen LogP) is 4.52. The largest absolute Gasteiger partial charge is 0.444 e. The molecule has 0 bridgehead atoms. The van der Waals surface area contributed by atoms with Crippen molar-refractivity contribution in [3.05, 3.63) is 53.2 Å². The molecule has 5 heteroatoms. The summed E-state index contributed by atoms with van der Waals surface area (Å²) in [5.74, 6) is 1.35. The van der Waals surface area contributed by atoms with Crippen LogP contribution in [0.25, 0.3) is 0 Å². The zero-order valence-corrected chi connectivity index (χ0v) is 15.9. The van der Waals surface area contributed by atoms with Crippen LogP contribution in [0, 0.1) is 6.92 Å². The molecule has 0 N–H and O–H groups in total. The Bertz CT molecular complexity index is 779. The van der Waals surface area contributed by atoms with Crippen molar-refractivity contribution in [2.75, 3.05) is 13.1 Å². The van der Waals surface area contributed by atoms with E-state index in [4.69, 9.17) is 9.47 Å². The topological polar surface area (TPSA) is 51.7 Å². The predicted molar refractivity (Wildman–Crippen MR) is 101 cm³/mol. The highest BCUT2D eigenvalue weighted by Gasteiger charge is 2.24. The van der Waals surface area contributed by atoms with E-state index in [2.05, 4.69) is 17.1 Å². The molecule has 1 aliphatic heterocycles. The van der Waals surface area contributed by atoms with Crippen LogP contribution in [-0.4, -0.2) is 34.7 Å². The van der Waals surface area contributed by atoms with Crippen LogP contribution in [-0.2, 0) is 17.6 Å². The molecule has 1 aromatic carbocycles. The summed E-state index contributed by atoms with van der Waals surface area (Å²) < 4.78 is 11.4. The van der Waals surface area contributed by atoms with E-state index in [1.807, 2.05) is 45.9 Å². The number of carbonyl (C=O) groups excluding carboxylic acids is 1. The van der Waals surface area contributed by atoms with Crippen molar-refractivity contribution < 1.29 is 14.3 Å². The molecule has 3 rings (SSSR count). The summed E-state index contributed by atoms with van der Waals surface area (Å²) in [4.78, 5) is 18.4.